The Kier molecular flexibility index (Phi) is 2.78. The molecule has 1 fully saturated rings. The lowest BCUT2D eigenvalue weighted by atomic mass is 10.2. The van der Waals surface area contributed by atoms with E-state index in [-0.39, 0.29) is 18.9 Å². The Labute approximate surface area is 92.2 Å². The zero-order valence-corrected chi connectivity index (χ0v) is 8.81. The fourth-order valence-corrected chi connectivity index (χ4v) is 1.80. The second-order valence-corrected chi connectivity index (χ2v) is 3.68. The van der Waals surface area contributed by atoms with Crippen molar-refractivity contribution in [1.82, 2.24) is 0 Å². The number of hydrogen-bond acceptors (Lipinski definition) is 3. The van der Waals surface area contributed by atoms with E-state index < -0.39 is 11.9 Å². The number of carbonyl (C=O) groups excluding carboxylic acids is 1. The molecule has 86 valence electrons. The molecule has 1 heterocycles. The number of aliphatic hydroxyl groups is 1. The number of hydrogen-bond donors (Lipinski definition) is 1. The predicted octanol–water partition coefficient (Wildman–Crippen LogP) is 0.932. The molecule has 1 saturated heterocycles. The lowest BCUT2D eigenvalue weighted by Gasteiger charge is -2.18. The Morgan fingerprint density at radius 2 is 2.31 bits per heavy atom. The monoisotopic (exact) mass is 225 g/mol. The minimum atomic E-state index is -0.694. The van der Waals surface area contributed by atoms with Crippen molar-refractivity contribution in [2.24, 2.45) is 0 Å². The first-order valence-corrected chi connectivity index (χ1v) is 4.94. The molecule has 1 amide bonds. The van der Waals surface area contributed by atoms with Crippen LogP contribution in [-0.4, -0.2) is 30.8 Å². The third kappa shape index (κ3) is 1.86. The maximum Gasteiger partial charge on any atom is 0.229 e. The molecule has 0 radical (unpaired) electrons. The Morgan fingerprint density at radius 3 is 2.88 bits per heavy atom. The highest BCUT2D eigenvalue weighted by atomic mass is 19.1. The SMILES string of the molecule is COc1ccc(F)cc1N1CC(O)CC1=O. The predicted molar refractivity (Wildman–Crippen MR) is 55.9 cm³/mol. The molecule has 0 spiro atoms. The van der Waals surface area contributed by atoms with Crippen molar-refractivity contribution in [2.75, 3.05) is 18.6 Å². The number of carbonyl (C=O) groups is 1. The van der Waals surface area contributed by atoms with Crippen LogP contribution in [0.1, 0.15) is 6.42 Å². The molecule has 0 aromatic heterocycles. The van der Waals surface area contributed by atoms with Crippen LogP contribution in [0.5, 0.6) is 5.75 Å². The number of anilines is 1. The zero-order chi connectivity index (χ0) is 11.7. The van der Waals surface area contributed by atoms with Gasteiger partial charge < -0.3 is 14.7 Å². The summed E-state index contributed by atoms with van der Waals surface area (Å²) >= 11 is 0. The molecule has 0 aliphatic carbocycles. The van der Waals surface area contributed by atoms with E-state index in [0.29, 0.717) is 11.4 Å². The van der Waals surface area contributed by atoms with Crippen LogP contribution >= 0.6 is 0 Å². The average Bonchev–Trinajstić information content (AvgIpc) is 2.57. The summed E-state index contributed by atoms with van der Waals surface area (Å²) in [5.41, 5.74) is 0.365. The van der Waals surface area contributed by atoms with Gasteiger partial charge in [0.1, 0.15) is 11.6 Å². The molecule has 1 aromatic carbocycles. The third-order valence-corrected chi connectivity index (χ3v) is 2.54. The van der Waals surface area contributed by atoms with Crippen LogP contribution in [-0.2, 0) is 4.79 Å². The number of benzene rings is 1. The summed E-state index contributed by atoms with van der Waals surface area (Å²) in [5, 5.41) is 9.37. The number of amides is 1. The Morgan fingerprint density at radius 1 is 1.56 bits per heavy atom. The zero-order valence-electron chi connectivity index (χ0n) is 8.81. The van der Waals surface area contributed by atoms with Gasteiger partial charge in [-0.2, -0.15) is 0 Å². The van der Waals surface area contributed by atoms with Crippen molar-refractivity contribution < 1.29 is 19.0 Å². The molecule has 2 rings (SSSR count). The van der Waals surface area contributed by atoms with Gasteiger partial charge in [0.15, 0.2) is 0 Å². The maximum absolute atomic E-state index is 13.1. The van der Waals surface area contributed by atoms with E-state index in [1.54, 1.807) is 0 Å². The van der Waals surface area contributed by atoms with Gasteiger partial charge in [0.2, 0.25) is 5.91 Å². The number of aliphatic hydroxyl groups excluding tert-OH is 1. The molecule has 1 atom stereocenters. The summed E-state index contributed by atoms with van der Waals surface area (Å²) in [6.07, 6.45) is -0.625. The molecule has 1 aliphatic heterocycles. The van der Waals surface area contributed by atoms with Gasteiger partial charge in [-0.3, -0.25) is 4.79 Å². The molecule has 16 heavy (non-hydrogen) atoms. The highest BCUT2D eigenvalue weighted by Crippen LogP contribution is 2.31. The van der Waals surface area contributed by atoms with Crippen LogP contribution in [0.15, 0.2) is 18.2 Å². The number of rotatable bonds is 2. The smallest absolute Gasteiger partial charge is 0.229 e. The van der Waals surface area contributed by atoms with Crippen molar-refractivity contribution in [1.29, 1.82) is 0 Å². The number of β-amino-alcohol motifs (C(OH)–C–C–N with tert-alkyl or cyclic N) is 1. The van der Waals surface area contributed by atoms with E-state index in [1.165, 1.54) is 30.2 Å². The van der Waals surface area contributed by atoms with Gasteiger partial charge in [0.25, 0.3) is 0 Å². The van der Waals surface area contributed by atoms with Crippen LogP contribution < -0.4 is 9.64 Å². The summed E-state index contributed by atoms with van der Waals surface area (Å²) in [5.74, 6) is -0.245. The van der Waals surface area contributed by atoms with Crippen molar-refractivity contribution >= 4 is 11.6 Å². The fraction of sp³-hybridized carbons (Fsp3) is 0.364. The first kappa shape index (κ1) is 10.9. The van der Waals surface area contributed by atoms with E-state index in [0.717, 1.165) is 0 Å². The van der Waals surface area contributed by atoms with Crippen LogP contribution in [0.25, 0.3) is 0 Å². The second-order valence-electron chi connectivity index (χ2n) is 3.68. The molecule has 0 saturated carbocycles. The highest BCUT2D eigenvalue weighted by Gasteiger charge is 2.30. The van der Waals surface area contributed by atoms with Crippen molar-refractivity contribution in [3.63, 3.8) is 0 Å². The Bertz CT molecular complexity index is 422. The highest BCUT2D eigenvalue weighted by molar-refractivity contribution is 5.97. The van der Waals surface area contributed by atoms with Crippen molar-refractivity contribution in [2.45, 2.75) is 12.5 Å². The van der Waals surface area contributed by atoms with Gasteiger partial charge in [-0.1, -0.05) is 0 Å². The van der Waals surface area contributed by atoms with E-state index >= 15 is 0 Å². The number of ether oxygens (including phenoxy) is 1. The minimum Gasteiger partial charge on any atom is -0.495 e. The van der Waals surface area contributed by atoms with Crippen LogP contribution in [0, 0.1) is 5.82 Å². The number of nitrogens with zero attached hydrogens (tertiary/aromatic N) is 1. The molecule has 5 heteroatoms. The topological polar surface area (TPSA) is 49.8 Å². The van der Waals surface area contributed by atoms with Crippen LogP contribution in [0.2, 0.25) is 0 Å². The molecule has 1 aliphatic rings. The summed E-state index contributed by atoms with van der Waals surface area (Å²) in [4.78, 5) is 12.9. The van der Waals surface area contributed by atoms with E-state index in [1.807, 2.05) is 0 Å². The molecule has 1 N–H and O–H groups in total. The molecule has 1 unspecified atom stereocenters. The quantitative estimate of drug-likeness (QED) is 0.814. The third-order valence-electron chi connectivity index (χ3n) is 2.54. The normalized spacial score (nSPS) is 20.3. The van der Waals surface area contributed by atoms with Crippen molar-refractivity contribution in [3.05, 3.63) is 24.0 Å². The molecule has 1 aromatic rings. The summed E-state index contributed by atoms with van der Waals surface area (Å²) in [6.45, 7) is 0.179. The van der Waals surface area contributed by atoms with Gasteiger partial charge in [0.05, 0.1) is 31.9 Å². The number of methoxy groups -OCH3 is 1. The summed E-state index contributed by atoms with van der Waals surface area (Å²) in [7, 11) is 1.45. The van der Waals surface area contributed by atoms with Crippen molar-refractivity contribution in [3.8, 4) is 5.75 Å². The molecule has 0 bridgehead atoms. The first-order chi connectivity index (χ1) is 7.61. The van der Waals surface area contributed by atoms with E-state index in [2.05, 4.69) is 0 Å². The summed E-state index contributed by atoms with van der Waals surface area (Å²) in [6, 6.07) is 3.96. The number of halogens is 1. The molecular weight excluding hydrogens is 213 g/mol. The lowest BCUT2D eigenvalue weighted by Crippen LogP contribution is -2.25. The van der Waals surface area contributed by atoms with Gasteiger partial charge in [-0.25, -0.2) is 4.39 Å². The van der Waals surface area contributed by atoms with Gasteiger partial charge in [-0.05, 0) is 12.1 Å². The standard InChI is InChI=1S/C11H12FNO3/c1-16-10-3-2-7(12)4-9(10)13-6-8(14)5-11(13)15/h2-4,8,14H,5-6H2,1H3. The lowest BCUT2D eigenvalue weighted by molar-refractivity contribution is -0.117. The Hall–Kier alpha value is -1.62. The largest absolute Gasteiger partial charge is 0.495 e. The summed E-state index contributed by atoms with van der Waals surface area (Å²) < 4.78 is 18.2. The molecule has 4 nitrogen and oxygen atoms in total. The van der Waals surface area contributed by atoms with Crippen LogP contribution in [0.4, 0.5) is 10.1 Å². The van der Waals surface area contributed by atoms with Crippen LogP contribution in [0.3, 0.4) is 0 Å². The van der Waals surface area contributed by atoms with Gasteiger partial charge >= 0.3 is 0 Å². The minimum absolute atomic E-state index is 0.0691. The second kappa shape index (κ2) is 4.09. The first-order valence-electron chi connectivity index (χ1n) is 4.94. The molecular formula is C11H12FNO3. The van der Waals surface area contributed by atoms with E-state index in [9.17, 15) is 14.3 Å². The fourth-order valence-electron chi connectivity index (χ4n) is 1.80. The Balaban J connectivity index is 2.39. The van der Waals surface area contributed by atoms with E-state index in [4.69, 9.17) is 4.74 Å². The average molecular weight is 225 g/mol. The van der Waals surface area contributed by atoms with Gasteiger partial charge in [-0.15, -0.1) is 0 Å². The maximum atomic E-state index is 13.1. The van der Waals surface area contributed by atoms with Gasteiger partial charge in [0, 0.05) is 6.07 Å².